The lowest BCUT2D eigenvalue weighted by Gasteiger charge is -2.59. The lowest BCUT2D eigenvalue weighted by molar-refractivity contribution is -0.384. The average Bonchev–Trinajstić information content (AvgIpc) is 4.01. The summed E-state index contributed by atoms with van der Waals surface area (Å²) in [6, 6.07) is 15.9. The number of ether oxygens (including phenoxy) is 5. The number of nitrogens with one attached hydrogen (secondary N) is 3. The predicted octanol–water partition coefficient (Wildman–Crippen LogP) is 9.01. The maximum Gasteiger partial charge on any atom is 0.297 e. The molecule has 0 radical (unpaired) electrons. The number of aliphatic hydroxyl groups is 1. The van der Waals surface area contributed by atoms with Crippen LogP contribution in [0.4, 0.5) is 37.2 Å². The Morgan fingerprint density at radius 2 is 1.75 bits per heavy atom. The highest BCUT2D eigenvalue weighted by atomic mass is 32.2. The smallest absolute Gasteiger partial charge is 0.297 e. The fourth-order valence-corrected chi connectivity index (χ4v) is 14.3. The third-order valence-electron chi connectivity index (χ3n) is 17.7. The number of pyridine rings is 1. The quantitative estimate of drug-likeness (QED) is 0.0715. The Hall–Kier alpha value is -6.33. The van der Waals surface area contributed by atoms with Gasteiger partial charge in [0.25, 0.3) is 21.6 Å². The lowest BCUT2D eigenvalue weighted by Crippen LogP contribution is -2.61. The third kappa shape index (κ3) is 9.98. The van der Waals surface area contributed by atoms with Crippen LogP contribution in [0.2, 0.25) is 0 Å². The summed E-state index contributed by atoms with van der Waals surface area (Å²) in [5, 5.41) is 26.2. The number of anilines is 4. The number of carbonyl (C=O) groups excluding carboxylic acids is 1. The van der Waals surface area contributed by atoms with Crippen molar-refractivity contribution in [3.05, 3.63) is 93.9 Å². The number of halogens is 2. The molecule has 7 aliphatic rings. The van der Waals surface area contributed by atoms with Gasteiger partial charge >= 0.3 is 0 Å². The monoisotopic (exact) mass is 1110 g/mol. The first-order valence-corrected chi connectivity index (χ1v) is 29.0. The normalized spacial score (nSPS) is 28.3. The van der Waals surface area contributed by atoms with Crippen molar-refractivity contribution in [2.24, 2.45) is 5.41 Å². The summed E-state index contributed by atoms with van der Waals surface area (Å²) in [7, 11) is -4.87. The Labute approximate surface area is 457 Å². The van der Waals surface area contributed by atoms with Gasteiger partial charge in [0.15, 0.2) is 11.4 Å². The maximum absolute atomic E-state index is 16.4. The van der Waals surface area contributed by atoms with E-state index in [1.54, 1.807) is 25.1 Å². The van der Waals surface area contributed by atoms with Crippen LogP contribution in [0.5, 0.6) is 17.4 Å². The summed E-state index contributed by atoms with van der Waals surface area (Å²) in [6.45, 7) is 13.1. The van der Waals surface area contributed by atoms with Crippen LogP contribution >= 0.6 is 0 Å². The molecule has 1 spiro atoms. The van der Waals surface area contributed by atoms with E-state index in [4.69, 9.17) is 23.7 Å². The number of aromatic amines is 1. The summed E-state index contributed by atoms with van der Waals surface area (Å²) in [5.41, 5.74) is -1.16. The Morgan fingerprint density at radius 1 is 0.987 bits per heavy atom. The van der Waals surface area contributed by atoms with Crippen LogP contribution in [0.3, 0.4) is 0 Å². The molecule has 22 heteroatoms. The van der Waals surface area contributed by atoms with Gasteiger partial charge in [0, 0.05) is 61.9 Å². The Morgan fingerprint density at radius 3 is 2.49 bits per heavy atom. The molecule has 19 nitrogen and oxygen atoms in total. The van der Waals surface area contributed by atoms with E-state index in [2.05, 4.69) is 55.8 Å². The molecule has 422 valence electrons. The summed E-state index contributed by atoms with van der Waals surface area (Å²) >= 11 is 0. The number of rotatable bonds is 11. The van der Waals surface area contributed by atoms with E-state index in [9.17, 15) is 28.4 Å². The van der Waals surface area contributed by atoms with Gasteiger partial charge in [-0.25, -0.2) is 21.9 Å². The number of para-hydroxylation sites is 1. The molecule has 3 aromatic carbocycles. The number of hydrogen-bond donors (Lipinski definition) is 4. The number of alkyl halides is 1. The highest BCUT2D eigenvalue weighted by Gasteiger charge is 2.52. The molecular weight excluding hydrogens is 1040 g/mol. The first-order chi connectivity index (χ1) is 37.6. The van der Waals surface area contributed by atoms with Gasteiger partial charge in [-0.1, -0.05) is 18.2 Å². The van der Waals surface area contributed by atoms with Crippen LogP contribution in [0.1, 0.15) is 114 Å². The summed E-state index contributed by atoms with van der Waals surface area (Å²) in [4.78, 5) is 40.4. The largest absolute Gasteiger partial charge is 0.491 e. The van der Waals surface area contributed by atoms with Crippen LogP contribution in [0, 0.1) is 21.3 Å². The Balaban J connectivity index is 0.839. The average molecular weight is 1110 g/mol. The summed E-state index contributed by atoms with van der Waals surface area (Å²) < 4.78 is 93.8. The number of morpholine rings is 1. The molecule has 7 heterocycles. The number of benzene rings is 3. The molecule has 5 aromatic rings. The minimum Gasteiger partial charge on any atom is -0.491 e. The number of nitrogens with zero attached hydrogens (tertiary/aromatic N) is 5. The van der Waals surface area contributed by atoms with Gasteiger partial charge < -0.3 is 48.9 Å². The van der Waals surface area contributed by atoms with E-state index in [0.29, 0.717) is 50.1 Å². The second kappa shape index (κ2) is 19.7. The molecule has 5 fully saturated rings. The fraction of sp³-hybridized carbons (Fsp3) is 0.544. The van der Waals surface area contributed by atoms with Gasteiger partial charge in [-0.15, -0.1) is 0 Å². The molecule has 4 N–H and O–H groups in total. The molecule has 5 aliphatic heterocycles. The van der Waals surface area contributed by atoms with E-state index in [-0.39, 0.29) is 96.0 Å². The molecule has 3 saturated heterocycles. The zero-order chi connectivity index (χ0) is 55.4. The number of H-pyrrole nitrogens is 1. The number of sulfonamides is 1. The number of fused-ring (bicyclic) bond motifs is 4. The zero-order valence-electron chi connectivity index (χ0n) is 45.1. The molecule has 0 unspecified atom stereocenters. The van der Waals surface area contributed by atoms with E-state index < -0.39 is 66.7 Å². The first-order valence-electron chi connectivity index (χ1n) is 27.5. The highest BCUT2D eigenvalue weighted by molar-refractivity contribution is 7.90. The van der Waals surface area contributed by atoms with Crippen molar-refractivity contribution in [2.75, 3.05) is 61.2 Å². The number of nitro groups is 1. The molecule has 0 bridgehead atoms. The minimum absolute atomic E-state index is 0.0128. The first kappa shape index (κ1) is 53.3. The van der Waals surface area contributed by atoms with E-state index in [1.807, 2.05) is 36.9 Å². The lowest BCUT2D eigenvalue weighted by atomic mass is 9.59. The van der Waals surface area contributed by atoms with Crippen molar-refractivity contribution in [3.8, 4) is 17.4 Å². The standard InChI is InChI=1S/C57H68F2N8O11S/c1-33(2)77-46-9-7-6-8-37(46)45-29-76-54(3,4)32-65(45)35-26-56(27-35)17-19-64(20-18-56)34-10-11-38(42(22-34)66-41-12-21-74-30-48(41)78-53-44(66)25-39-40(58)28-60-51(39)62-53)52(68)63-79(72,73)36-23-43(67(70)71)50-47(24-36)75-31-49(61-50)57(59)15-13-55(5,69)14-16-57/h6-11,22-25,28,33,35,41,45,48-49,61,69H,12-21,26-27,29-32H2,1-5H3,(H,60,62)(H,63,68)/t41-,45-,48-,49-,55?,57?/m0/s1. The van der Waals surface area contributed by atoms with Gasteiger partial charge in [0.05, 0.1) is 75.1 Å². The molecule has 2 saturated carbocycles. The van der Waals surface area contributed by atoms with Crippen LogP contribution < -0.4 is 34.0 Å². The van der Waals surface area contributed by atoms with Gasteiger partial charge in [-0.05, 0) is 128 Å². The van der Waals surface area contributed by atoms with Crippen LogP contribution in [0.15, 0.2) is 71.8 Å². The third-order valence-corrected chi connectivity index (χ3v) is 19.0. The van der Waals surface area contributed by atoms with Crippen molar-refractivity contribution in [1.82, 2.24) is 19.6 Å². The predicted molar refractivity (Wildman–Crippen MR) is 290 cm³/mol. The maximum atomic E-state index is 16.4. The van der Waals surface area contributed by atoms with Crippen molar-refractivity contribution in [1.29, 1.82) is 0 Å². The van der Waals surface area contributed by atoms with Gasteiger partial charge in [0.1, 0.15) is 41.3 Å². The molecule has 79 heavy (non-hydrogen) atoms. The fourth-order valence-electron chi connectivity index (χ4n) is 13.3. The second-order valence-corrected chi connectivity index (χ2v) is 25.7. The number of nitro benzene ring substituents is 1. The number of piperidine rings is 1. The number of amides is 1. The summed E-state index contributed by atoms with van der Waals surface area (Å²) in [6.07, 6.45) is 5.34. The Bertz CT molecular complexity index is 3310. The van der Waals surface area contributed by atoms with Crippen LogP contribution in [-0.4, -0.2) is 132 Å². The van der Waals surface area contributed by atoms with Crippen LogP contribution in [-0.2, 0) is 19.5 Å². The van der Waals surface area contributed by atoms with Gasteiger partial charge in [-0.2, -0.15) is 4.98 Å². The molecular formula is C57H68F2N8O11S. The van der Waals surface area contributed by atoms with E-state index >= 15 is 8.78 Å². The molecule has 4 atom stereocenters. The molecule has 2 aromatic heterocycles. The number of carbonyl (C=O) groups is 1. The number of aromatic nitrogens is 2. The van der Waals surface area contributed by atoms with Crippen molar-refractivity contribution >= 4 is 55.4 Å². The Kier molecular flexibility index (Phi) is 13.3. The van der Waals surface area contributed by atoms with Crippen LogP contribution in [0.25, 0.3) is 11.0 Å². The topological polar surface area (TPSA) is 223 Å². The second-order valence-electron chi connectivity index (χ2n) is 24.1. The van der Waals surface area contributed by atoms with E-state index in [0.717, 1.165) is 61.4 Å². The molecule has 12 rings (SSSR count). The number of hydrogen-bond acceptors (Lipinski definition) is 16. The van der Waals surface area contributed by atoms with Gasteiger partial charge in [-0.3, -0.25) is 19.8 Å². The van der Waals surface area contributed by atoms with Gasteiger partial charge in [0.2, 0.25) is 5.88 Å². The van der Waals surface area contributed by atoms with Crippen molar-refractivity contribution < 1.29 is 55.7 Å². The summed E-state index contributed by atoms with van der Waals surface area (Å²) in [5.74, 6) is -0.734. The molecule has 1 amide bonds. The van der Waals surface area contributed by atoms with Crippen molar-refractivity contribution in [2.45, 2.75) is 151 Å². The SMILES string of the molecule is CC(C)Oc1ccccc1[C@@H]1COC(C)(C)CN1C1CC2(CCN(c3ccc(C(=O)NS(=O)(=O)c4cc5c(c([N+](=O)[O-])c4)N[C@H](C4(F)CCC(C)(O)CC4)CO5)c(N4c5cc6c(F)c[nH]c6nc5O[C@H]5COCC[C@@H]54)c3)CC2)C1. The minimum atomic E-state index is -4.87. The molecule has 2 aliphatic carbocycles. The highest BCUT2D eigenvalue weighted by Crippen LogP contribution is 2.55. The zero-order valence-corrected chi connectivity index (χ0v) is 45.9. The van der Waals surface area contributed by atoms with Crippen molar-refractivity contribution in [3.63, 3.8) is 0 Å². The van der Waals surface area contributed by atoms with E-state index in [1.165, 1.54) is 6.20 Å².